The molecule has 0 spiro atoms. The van der Waals surface area contributed by atoms with Gasteiger partial charge in [0.25, 0.3) is 0 Å². The van der Waals surface area contributed by atoms with Crippen LogP contribution in [0, 0.1) is 6.92 Å². The Labute approximate surface area is 163 Å². The van der Waals surface area contributed by atoms with Gasteiger partial charge in [0.2, 0.25) is 5.95 Å². The standard InChI is InChI=1S/C22H19ClN4/c1-15-11-12-17(23)13-20(15)26-22-25-19-10-6-5-9-18(19)21(27-22)24-14-16-7-3-2-4-8-16/h2-13H,14H2,1H3,(H2,24,25,26,27). The lowest BCUT2D eigenvalue weighted by Gasteiger charge is -2.13. The Morgan fingerprint density at radius 3 is 2.52 bits per heavy atom. The summed E-state index contributed by atoms with van der Waals surface area (Å²) in [5, 5.41) is 8.40. The lowest BCUT2D eigenvalue weighted by atomic mass is 10.2. The summed E-state index contributed by atoms with van der Waals surface area (Å²) in [7, 11) is 0. The van der Waals surface area contributed by atoms with E-state index in [1.54, 1.807) is 0 Å². The molecule has 4 aromatic rings. The Bertz CT molecular complexity index is 1080. The molecule has 0 atom stereocenters. The number of hydrogen-bond donors (Lipinski definition) is 2. The number of anilines is 3. The molecule has 134 valence electrons. The van der Waals surface area contributed by atoms with Crippen molar-refractivity contribution in [1.82, 2.24) is 9.97 Å². The molecule has 3 aromatic carbocycles. The van der Waals surface area contributed by atoms with E-state index in [1.807, 2.05) is 67.6 Å². The van der Waals surface area contributed by atoms with Gasteiger partial charge in [-0.1, -0.05) is 60.1 Å². The maximum atomic E-state index is 6.13. The first-order valence-corrected chi connectivity index (χ1v) is 9.14. The normalized spacial score (nSPS) is 10.7. The van der Waals surface area contributed by atoms with Crippen LogP contribution in [-0.4, -0.2) is 9.97 Å². The minimum atomic E-state index is 0.537. The van der Waals surface area contributed by atoms with Gasteiger partial charge in [-0.05, 0) is 42.3 Å². The second kappa shape index (κ2) is 7.64. The summed E-state index contributed by atoms with van der Waals surface area (Å²) < 4.78 is 0. The first kappa shape index (κ1) is 17.3. The molecule has 0 amide bonds. The molecule has 0 saturated carbocycles. The Balaban J connectivity index is 1.68. The predicted octanol–water partition coefficient (Wildman–Crippen LogP) is 5.95. The van der Waals surface area contributed by atoms with E-state index in [9.17, 15) is 0 Å². The monoisotopic (exact) mass is 374 g/mol. The third kappa shape index (κ3) is 4.01. The van der Waals surface area contributed by atoms with E-state index in [4.69, 9.17) is 16.6 Å². The topological polar surface area (TPSA) is 49.8 Å². The molecule has 0 saturated heterocycles. The molecule has 0 radical (unpaired) electrons. The molecule has 0 aliphatic rings. The second-order valence-electron chi connectivity index (χ2n) is 6.34. The number of nitrogens with zero attached hydrogens (tertiary/aromatic N) is 2. The van der Waals surface area contributed by atoms with Gasteiger partial charge >= 0.3 is 0 Å². The summed E-state index contributed by atoms with van der Waals surface area (Å²) in [5.74, 6) is 1.33. The Morgan fingerprint density at radius 1 is 0.889 bits per heavy atom. The number of hydrogen-bond acceptors (Lipinski definition) is 4. The van der Waals surface area contributed by atoms with Gasteiger partial charge in [0.15, 0.2) is 0 Å². The number of rotatable bonds is 5. The molecular formula is C22H19ClN4. The summed E-state index contributed by atoms with van der Waals surface area (Å²) in [6.07, 6.45) is 0. The van der Waals surface area contributed by atoms with Crippen molar-refractivity contribution in [1.29, 1.82) is 0 Å². The highest BCUT2D eigenvalue weighted by molar-refractivity contribution is 6.30. The fraction of sp³-hybridized carbons (Fsp3) is 0.0909. The van der Waals surface area contributed by atoms with Gasteiger partial charge in [0.1, 0.15) is 5.82 Å². The van der Waals surface area contributed by atoms with E-state index < -0.39 is 0 Å². The first-order valence-electron chi connectivity index (χ1n) is 8.77. The van der Waals surface area contributed by atoms with Crippen LogP contribution in [0.15, 0.2) is 72.8 Å². The van der Waals surface area contributed by atoms with Gasteiger partial charge in [0.05, 0.1) is 5.52 Å². The van der Waals surface area contributed by atoms with Gasteiger partial charge in [-0.3, -0.25) is 0 Å². The van der Waals surface area contributed by atoms with E-state index in [-0.39, 0.29) is 0 Å². The fourth-order valence-corrected chi connectivity index (χ4v) is 3.07. The summed E-state index contributed by atoms with van der Waals surface area (Å²) in [6, 6.07) is 24.0. The molecule has 4 nitrogen and oxygen atoms in total. The van der Waals surface area contributed by atoms with Crippen molar-refractivity contribution in [2.24, 2.45) is 0 Å². The van der Waals surface area contributed by atoms with Crippen molar-refractivity contribution in [3.05, 3.63) is 88.9 Å². The number of benzene rings is 3. The molecule has 4 rings (SSSR count). The molecule has 5 heteroatoms. The van der Waals surface area contributed by atoms with Crippen LogP contribution in [0.5, 0.6) is 0 Å². The van der Waals surface area contributed by atoms with E-state index in [0.717, 1.165) is 28.0 Å². The lowest BCUT2D eigenvalue weighted by molar-refractivity contribution is 1.10. The quantitative estimate of drug-likeness (QED) is 0.453. The van der Waals surface area contributed by atoms with Crippen LogP contribution in [0.2, 0.25) is 5.02 Å². The SMILES string of the molecule is Cc1ccc(Cl)cc1Nc1nc(NCc2ccccc2)c2ccccc2n1. The van der Waals surface area contributed by atoms with Gasteiger partial charge < -0.3 is 10.6 Å². The number of nitrogens with one attached hydrogen (secondary N) is 2. The van der Waals surface area contributed by atoms with Gasteiger partial charge in [-0.15, -0.1) is 0 Å². The van der Waals surface area contributed by atoms with Crippen LogP contribution in [-0.2, 0) is 6.54 Å². The molecule has 0 aliphatic heterocycles. The number of fused-ring (bicyclic) bond motifs is 1. The zero-order chi connectivity index (χ0) is 18.6. The zero-order valence-electron chi connectivity index (χ0n) is 14.9. The smallest absolute Gasteiger partial charge is 0.229 e. The minimum absolute atomic E-state index is 0.537. The molecule has 0 bridgehead atoms. The largest absolute Gasteiger partial charge is 0.365 e. The van der Waals surface area contributed by atoms with Crippen LogP contribution in [0.25, 0.3) is 10.9 Å². The lowest BCUT2D eigenvalue weighted by Crippen LogP contribution is -2.06. The molecule has 0 fully saturated rings. The summed E-state index contributed by atoms with van der Waals surface area (Å²) in [4.78, 5) is 9.36. The van der Waals surface area contributed by atoms with E-state index >= 15 is 0 Å². The fourth-order valence-electron chi connectivity index (χ4n) is 2.90. The summed E-state index contributed by atoms with van der Waals surface area (Å²) in [6.45, 7) is 2.71. The number of aryl methyl sites for hydroxylation is 1. The van der Waals surface area contributed by atoms with Crippen molar-refractivity contribution >= 4 is 40.0 Å². The zero-order valence-corrected chi connectivity index (χ0v) is 15.7. The highest BCUT2D eigenvalue weighted by Gasteiger charge is 2.09. The Kier molecular flexibility index (Phi) is 4.90. The van der Waals surface area contributed by atoms with Crippen molar-refractivity contribution < 1.29 is 0 Å². The maximum Gasteiger partial charge on any atom is 0.229 e. The van der Waals surface area contributed by atoms with Crippen molar-refractivity contribution in [3.8, 4) is 0 Å². The van der Waals surface area contributed by atoms with Crippen molar-refractivity contribution in [3.63, 3.8) is 0 Å². The number of aromatic nitrogens is 2. The van der Waals surface area contributed by atoms with E-state index in [1.165, 1.54) is 5.56 Å². The molecule has 27 heavy (non-hydrogen) atoms. The van der Waals surface area contributed by atoms with Crippen LogP contribution in [0.3, 0.4) is 0 Å². The van der Waals surface area contributed by atoms with Gasteiger partial charge in [-0.25, -0.2) is 4.98 Å². The maximum absolute atomic E-state index is 6.13. The highest BCUT2D eigenvalue weighted by atomic mass is 35.5. The third-order valence-electron chi connectivity index (χ3n) is 4.35. The Morgan fingerprint density at radius 2 is 1.67 bits per heavy atom. The van der Waals surface area contributed by atoms with Crippen LogP contribution in [0.1, 0.15) is 11.1 Å². The average molecular weight is 375 g/mol. The van der Waals surface area contributed by atoms with E-state index in [0.29, 0.717) is 17.5 Å². The van der Waals surface area contributed by atoms with Crippen molar-refractivity contribution in [2.75, 3.05) is 10.6 Å². The highest BCUT2D eigenvalue weighted by Crippen LogP contribution is 2.26. The van der Waals surface area contributed by atoms with Crippen LogP contribution >= 0.6 is 11.6 Å². The van der Waals surface area contributed by atoms with Crippen molar-refractivity contribution in [2.45, 2.75) is 13.5 Å². The molecular weight excluding hydrogens is 356 g/mol. The number of halogens is 1. The molecule has 1 heterocycles. The predicted molar refractivity (Wildman–Crippen MR) is 113 cm³/mol. The van der Waals surface area contributed by atoms with Crippen LogP contribution in [0.4, 0.5) is 17.5 Å². The second-order valence-corrected chi connectivity index (χ2v) is 6.77. The molecule has 0 unspecified atom stereocenters. The van der Waals surface area contributed by atoms with E-state index in [2.05, 4.69) is 27.8 Å². The Hall–Kier alpha value is -3.11. The first-order chi connectivity index (χ1) is 13.2. The van der Waals surface area contributed by atoms with Gasteiger partial charge in [-0.2, -0.15) is 4.98 Å². The average Bonchev–Trinajstić information content (AvgIpc) is 2.70. The molecule has 1 aromatic heterocycles. The summed E-state index contributed by atoms with van der Waals surface area (Å²) in [5.41, 5.74) is 4.05. The minimum Gasteiger partial charge on any atom is -0.365 e. The van der Waals surface area contributed by atoms with Gasteiger partial charge in [0, 0.05) is 22.6 Å². The summed E-state index contributed by atoms with van der Waals surface area (Å²) >= 11 is 6.13. The molecule has 0 aliphatic carbocycles. The molecule has 2 N–H and O–H groups in total. The number of para-hydroxylation sites is 1. The third-order valence-corrected chi connectivity index (χ3v) is 4.59. The van der Waals surface area contributed by atoms with Crippen LogP contribution < -0.4 is 10.6 Å².